The molecule has 3 nitrogen and oxygen atoms in total. The molecule has 0 aromatic heterocycles. The first kappa shape index (κ1) is 16.5. The summed E-state index contributed by atoms with van der Waals surface area (Å²) in [4.78, 5) is 0.425. The Bertz CT molecular complexity index is 551. The van der Waals surface area contributed by atoms with Crippen LogP contribution in [-0.4, -0.2) is 25.3 Å². The molecular weight excluding hydrogens is 282 g/mol. The standard InChI is InChI=1S/C17H27NO2S/c1-4-5-6-7-16-12-13-18(15(16)3)21(19,20)17-10-8-14(2)9-11-17/h8-11,15-16H,4-7,12-13H2,1-3H3/t15-,16+/m0/s1. The summed E-state index contributed by atoms with van der Waals surface area (Å²) in [6.45, 7) is 6.90. The number of rotatable bonds is 6. The van der Waals surface area contributed by atoms with Crippen molar-refractivity contribution in [2.45, 2.75) is 63.8 Å². The third-order valence-electron chi connectivity index (χ3n) is 4.66. The summed E-state index contributed by atoms with van der Waals surface area (Å²) in [5.41, 5.74) is 1.08. The molecule has 0 bridgehead atoms. The molecule has 0 radical (unpaired) electrons. The van der Waals surface area contributed by atoms with E-state index in [0.29, 0.717) is 17.4 Å². The van der Waals surface area contributed by atoms with Crippen LogP contribution in [0.3, 0.4) is 0 Å². The molecule has 0 saturated carbocycles. The van der Waals surface area contributed by atoms with Gasteiger partial charge in [0.25, 0.3) is 0 Å². The topological polar surface area (TPSA) is 37.4 Å². The Balaban J connectivity index is 2.09. The highest BCUT2D eigenvalue weighted by Gasteiger charge is 2.38. The van der Waals surface area contributed by atoms with E-state index in [1.165, 1.54) is 19.3 Å². The highest BCUT2D eigenvalue weighted by Crippen LogP contribution is 2.33. The van der Waals surface area contributed by atoms with Crippen LogP contribution in [0, 0.1) is 12.8 Å². The number of aryl methyl sites for hydroxylation is 1. The molecule has 1 saturated heterocycles. The molecule has 1 fully saturated rings. The second-order valence-corrected chi connectivity index (χ2v) is 8.10. The first-order valence-corrected chi connectivity index (χ1v) is 9.49. The maximum Gasteiger partial charge on any atom is 0.243 e. The van der Waals surface area contributed by atoms with Gasteiger partial charge in [-0.2, -0.15) is 4.31 Å². The zero-order chi connectivity index (χ0) is 15.5. The fraction of sp³-hybridized carbons (Fsp3) is 0.647. The average Bonchev–Trinajstić information content (AvgIpc) is 2.82. The lowest BCUT2D eigenvalue weighted by Gasteiger charge is -2.24. The van der Waals surface area contributed by atoms with E-state index in [9.17, 15) is 8.42 Å². The van der Waals surface area contributed by atoms with Crippen LogP contribution in [-0.2, 0) is 10.0 Å². The van der Waals surface area contributed by atoms with E-state index in [2.05, 4.69) is 13.8 Å². The summed E-state index contributed by atoms with van der Waals surface area (Å²) in [7, 11) is -3.33. The molecule has 0 amide bonds. The minimum Gasteiger partial charge on any atom is -0.207 e. The minimum absolute atomic E-state index is 0.119. The summed E-state index contributed by atoms with van der Waals surface area (Å²) in [5, 5.41) is 0. The zero-order valence-corrected chi connectivity index (χ0v) is 14.2. The molecule has 4 heteroatoms. The predicted octanol–water partition coefficient (Wildman–Crippen LogP) is 3.97. The van der Waals surface area contributed by atoms with Gasteiger partial charge in [-0.15, -0.1) is 0 Å². The molecule has 0 aliphatic carbocycles. The van der Waals surface area contributed by atoms with Crippen molar-refractivity contribution in [1.82, 2.24) is 4.31 Å². The fourth-order valence-electron chi connectivity index (χ4n) is 3.20. The second kappa shape index (κ2) is 6.93. The van der Waals surface area contributed by atoms with Gasteiger partial charge >= 0.3 is 0 Å². The van der Waals surface area contributed by atoms with Crippen LogP contribution in [0.4, 0.5) is 0 Å². The normalized spacial score (nSPS) is 23.6. The zero-order valence-electron chi connectivity index (χ0n) is 13.4. The lowest BCUT2D eigenvalue weighted by Crippen LogP contribution is -2.35. The van der Waals surface area contributed by atoms with Gasteiger partial charge in [0.15, 0.2) is 0 Å². The van der Waals surface area contributed by atoms with Gasteiger partial charge in [-0.3, -0.25) is 0 Å². The Kier molecular flexibility index (Phi) is 5.44. The van der Waals surface area contributed by atoms with E-state index in [4.69, 9.17) is 0 Å². The quantitative estimate of drug-likeness (QED) is 0.746. The Morgan fingerprint density at radius 2 is 1.86 bits per heavy atom. The lowest BCUT2D eigenvalue weighted by atomic mass is 9.95. The van der Waals surface area contributed by atoms with Crippen molar-refractivity contribution in [2.24, 2.45) is 5.92 Å². The molecule has 2 rings (SSSR count). The fourth-order valence-corrected chi connectivity index (χ4v) is 4.91. The summed E-state index contributed by atoms with van der Waals surface area (Å²) in [5.74, 6) is 0.511. The largest absolute Gasteiger partial charge is 0.243 e. The first-order valence-electron chi connectivity index (χ1n) is 8.05. The van der Waals surface area contributed by atoms with Crippen LogP contribution in [0.5, 0.6) is 0 Å². The van der Waals surface area contributed by atoms with Gasteiger partial charge in [0.05, 0.1) is 4.90 Å². The van der Waals surface area contributed by atoms with Crippen molar-refractivity contribution < 1.29 is 8.42 Å². The van der Waals surface area contributed by atoms with Crippen LogP contribution < -0.4 is 0 Å². The molecule has 118 valence electrons. The van der Waals surface area contributed by atoms with Crippen molar-refractivity contribution in [2.75, 3.05) is 6.54 Å². The Morgan fingerprint density at radius 1 is 1.19 bits per heavy atom. The third-order valence-corrected chi connectivity index (χ3v) is 6.66. The Labute approximate surface area is 129 Å². The van der Waals surface area contributed by atoms with Gasteiger partial charge in [0.2, 0.25) is 10.0 Å². The van der Waals surface area contributed by atoms with Crippen LogP contribution in [0.2, 0.25) is 0 Å². The van der Waals surface area contributed by atoms with E-state index in [1.807, 2.05) is 19.1 Å². The first-order chi connectivity index (χ1) is 9.96. The second-order valence-electron chi connectivity index (χ2n) is 6.21. The minimum atomic E-state index is -3.33. The van der Waals surface area contributed by atoms with E-state index < -0.39 is 10.0 Å². The monoisotopic (exact) mass is 309 g/mol. The lowest BCUT2D eigenvalue weighted by molar-refractivity contribution is 0.340. The highest BCUT2D eigenvalue weighted by atomic mass is 32.2. The number of unbranched alkanes of at least 4 members (excludes halogenated alkanes) is 2. The summed E-state index contributed by atoms with van der Waals surface area (Å²) in [6, 6.07) is 7.30. The van der Waals surface area contributed by atoms with Gasteiger partial charge in [0, 0.05) is 12.6 Å². The molecule has 2 atom stereocenters. The van der Waals surface area contributed by atoms with Crippen molar-refractivity contribution in [1.29, 1.82) is 0 Å². The van der Waals surface area contributed by atoms with Crippen molar-refractivity contribution in [3.05, 3.63) is 29.8 Å². The number of sulfonamides is 1. The number of hydrogen-bond donors (Lipinski definition) is 0. The Hall–Kier alpha value is -0.870. The van der Waals surface area contributed by atoms with E-state index >= 15 is 0 Å². The molecule has 1 heterocycles. The Morgan fingerprint density at radius 3 is 2.48 bits per heavy atom. The molecule has 21 heavy (non-hydrogen) atoms. The molecular formula is C17H27NO2S. The van der Waals surface area contributed by atoms with Gasteiger partial charge in [-0.25, -0.2) is 8.42 Å². The molecule has 1 aliphatic heterocycles. The summed E-state index contributed by atoms with van der Waals surface area (Å²) >= 11 is 0. The molecule has 1 aromatic rings. The molecule has 1 aromatic carbocycles. The smallest absolute Gasteiger partial charge is 0.207 e. The van der Waals surface area contributed by atoms with Gasteiger partial charge < -0.3 is 0 Å². The summed E-state index contributed by atoms with van der Waals surface area (Å²) in [6.07, 6.45) is 5.81. The van der Waals surface area contributed by atoms with Crippen molar-refractivity contribution >= 4 is 10.0 Å². The third kappa shape index (κ3) is 3.67. The van der Waals surface area contributed by atoms with Gasteiger partial charge in [0.1, 0.15) is 0 Å². The SMILES string of the molecule is CCCCC[C@@H]1CCN(S(=O)(=O)c2ccc(C)cc2)[C@H]1C. The number of hydrogen-bond acceptors (Lipinski definition) is 2. The number of benzene rings is 1. The molecule has 0 unspecified atom stereocenters. The van der Waals surface area contributed by atoms with Crippen molar-refractivity contribution in [3.8, 4) is 0 Å². The highest BCUT2D eigenvalue weighted by molar-refractivity contribution is 7.89. The van der Waals surface area contributed by atoms with Crippen molar-refractivity contribution in [3.63, 3.8) is 0 Å². The maximum absolute atomic E-state index is 12.8. The van der Waals surface area contributed by atoms with Crippen LogP contribution in [0.15, 0.2) is 29.2 Å². The molecule has 1 aliphatic rings. The van der Waals surface area contributed by atoms with E-state index in [1.54, 1.807) is 16.4 Å². The van der Waals surface area contributed by atoms with Crippen LogP contribution in [0.25, 0.3) is 0 Å². The van der Waals surface area contributed by atoms with Crippen LogP contribution in [0.1, 0.15) is 51.5 Å². The van der Waals surface area contributed by atoms with Crippen LogP contribution >= 0.6 is 0 Å². The predicted molar refractivity (Wildman–Crippen MR) is 86.8 cm³/mol. The number of nitrogens with zero attached hydrogens (tertiary/aromatic N) is 1. The van der Waals surface area contributed by atoms with E-state index in [-0.39, 0.29) is 6.04 Å². The molecule has 0 spiro atoms. The van der Waals surface area contributed by atoms with Gasteiger partial charge in [-0.1, -0.05) is 43.9 Å². The van der Waals surface area contributed by atoms with Gasteiger partial charge in [-0.05, 0) is 44.7 Å². The van der Waals surface area contributed by atoms with E-state index in [0.717, 1.165) is 18.4 Å². The summed E-state index contributed by atoms with van der Waals surface area (Å²) < 4.78 is 27.2. The maximum atomic E-state index is 12.8. The average molecular weight is 309 g/mol. The molecule has 0 N–H and O–H groups in total.